The third-order valence-electron chi connectivity index (χ3n) is 3.35. The Kier molecular flexibility index (Phi) is 2.85. The van der Waals surface area contributed by atoms with Crippen LogP contribution in [0.2, 0.25) is 0 Å². The molecule has 4 nitrogen and oxygen atoms in total. The molecule has 1 aromatic carbocycles. The lowest BCUT2D eigenvalue weighted by Gasteiger charge is -2.01. The molecule has 0 unspecified atom stereocenters. The van der Waals surface area contributed by atoms with Gasteiger partial charge in [-0.3, -0.25) is 4.79 Å². The molecule has 1 aliphatic heterocycles. The molecule has 3 rings (SSSR count). The Morgan fingerprint density at radius 3 is 3.00 bits per heavy atom. The highest BCUT2D eigenvalue weighted by molar-refractivity contribution is 5.94. The van der Waals surface area contributed by atoms with E-state index in [9.17, 15) is 4.79 Å². The zero-order valence-electron chi connectivity index (χ0n) is 11.1. The van der Waals surface area contributed by atoms with E-state index >= 15 is 0 Å². The van der Waals surface area contributed by atoms with Gasteiger partial charge in [0.2, 0.25) is 0 Å². The second-order valence-corrected chi connectivity index (χ2v) is 4.95. The van der Waals surface area contributed by atoms with Crippen LogP contribution in [-0.4, -0.2) is 16.9 Å². The van der Waals surface area contributed by atoms with Crippen LogP contribution in [-0.2, 0) is 16.0 Å². The van der Waals surface area contributed by atoms with E-state index < -0.39 is 0 Å². The van der Waals surface area contributed by atoms with Gasteiger partial charge in [-0.05, 0) is 31.4 Å². The molecule has 0 fully saturated rings. The third kappa shape index (κ3) is 2.26. The summed E-state index contributed by atoms with van der Waals surface area (Å²) in [6.45, 7) is 3.47. The number of carbonyl (C=O) groups excluding carboxylic acids is 1. The van der Waals surface area contributed by atoms with E-state index in [2.05, 4.69) is 35.1 Å². The summed E-state index contributed by atoms with van der Waals surface area (Å²) >= 11 is 0. The number of ether oxygens (including phenoxy) is 1. The minimum absolute atomic E-state index is 0.311. The number of nitrogens with one attached hydrogen (secondary N) is 1. The van der Waals surface area contributed by atoms with Gasteiger partial charge in [0, 0.05) is 29.8 Å². The van der Waals surface area contributed by atoms with Crippen molar-refractivity contribution in [2.24, 2.45) is 4.99 Å². The van der Waals surface area contributed by atoms with Crippen molar-refractivity contribution in [1.82, 2.24) is 4.98 Å². The van der Waals surface area contributed by atoms with Crippen LogP contribution in [0.3, 0.4) is 0 Å². The number of rotatable bonds is 0. The molecule has 0 bridgehead atoms. The number of hydrogen-bond donors (Lipinski definition) is 1. The fourth-order valence-electron chi connectivity index (χ4n) is 2.54. The van der Waals surface area contributed by atoms with Crippen LogP contribution in [0, 0.1) is 6.92 Å². The van der Waals surface area contributed by atoms with E-state index in [1.54, 1.807) is 0 Å². The van der Waals surface area contributed by atoms with Gasteiger partial charge in [0.05, 0.1) is 0 Å². The third-order valence-corrected chi connectivity index (χ3v) is 3.35. The molecule has 19 heavy (non-hydrogen) atoms. The Hall–Kier alpha value is -2.10. The van der Waals surface area contributed by atoms with Gasteiger partial charge in [0.15, 0.2) is 5.90 Å². The second kappa shape index (κ2) is 4.53. The van der Waals surface area contributed by atoms with Gasteiger partial charge in [-0.2, -0.15) is 4.99 Å². The highest BCUT2D eigenvalue weighted by Crippen LogP contribution is 2.32. The largest absolute Gasteiger partial charge is 0.412 e. The van der Waals surface area contributed by atoms with Crippen LogP contribution < -0.4 is 0 Å². The molecule has 4 heteroatoms. The number of aromatic nitrogens is 1. The first kappa shape index (κ1) is 12.0. The fraction of sp³-hybridized carbons (Fsp3) is 0.333. The van der Waals surface area contributed by atoms with Gasteiger partial charge in [-0.1, -0.05) is 12.1 Å². The Balaban J connectivity index is 2.11. The van der Waals surface area contributed by atoms with E-state index in [4.69, 9.17) is 4.74 Å². The van der Waals surface area contributed by atoms with Crippen molar-refractivity contribution in [2.75, 3.05) is 0 Å². The number of H-pyrrole nitrogens is 1. The molecule has 0 saturated carbocycles. The first-order valence-electron chi connectivity index (χ1n) is 6.50. The summed E-state index contributed by atoms with van der Waals surface area (Å²) in [5, 5.41) is 1.22. The van der Waals surface area contributed by atoms with Crippen molar-refractivity contribution >= 4 is 28.6 Å². The summed E-state index contributed by atoms with van der Waals surface area (Å²) < 4.78 is 5.14. The quantitative estimate of drug-likeness (QED) is 0.734. The van der Waals surface area contributed by atoms with Crippen LogP contribution in [0.4, 0.5) is 5.82 Å². The van der Waals surface area contributed by atoms with E-state index in [0.29, 0.717) is 12.3 Å². The number of aromatic amines is 1. The minimum atomic E-state index is -0.311. The van der Waals surface area contributed by atoms with E-state index in [0.717, 1.165) is 24.2 Å². The summed E-state index contributed by atoms with van der Waals surface area (Å²) in [4.78, 5) is 18.8. The number of benzene rings is 1. The maximum Gasteiger partial charge on any atom is 0.309 e. The number of carbonyl (C=O) groups is 1. The van der Waals surface area contributed by atoms with Gasteiger partial charge in [-0.25, -0.2) is 0 Å². The predicted molar refractivity (Wildman–Crippen MR) is 74.8 cm³/mol. The standard InChI is InChI=1S/C15H16N2O2/c1-9-6-7-11-12-4-3-5-14(19-10(2)18)17-15(12)16-13(11)8-9/h6-8,16H,3-5H2,1-2H3. The number of fused-ring (bicyclic) bond motifs is 3. The molecule has 1 aliphatic rings. The normalized spacial score (nSPS) is 14.7. The molecule has 0 aliphatic carbocycles. The number of esters is 1. The van der Waals surface area contributed by atoms with Gasteiger partial charge < -0.3 is 9.72 Å². The average Bonchev–Trinajstić information content (AvgIpc) is 2.53. The van der Waals surface area contributed by atoms with Crippen LogP contribution >= 0.6 is 0 Å². The van der Waals surface area contributed by atoms with E-state index in [-0.39, 0.29) is 5.97 Å². The Morgan fingerprint density at radius 1 is 1.37 bits per heavy atom. The number of aliphatic imine (C=N–C) groups is 1. The summed E-state index contributed by atoms with van der Waals surface area (Å²) in [6, 6.07) is 6.36. The molecule has 0 spiro atoms. The molecule has 2 heterocycles. The molecular weight excluding hydrogens is 240 g/mol. The Labute approximate surface area is 111 Å². The SMILES string of the molecule is CC(=O)OC1=Nc2[nH]c3cc(C)ccc3c2CCC1. The van der Waals surface area contributed by atoms with Crippen LogP contribution in [0.15, 0.2) is 23.2 Å². The van der Waals surface area contributed by atoms with Crippen LogP contribution in [0.1, 0.15) is 30.9 Å². The maximum atomic E-state index is 11.0. The van der Waals surface area contributed by atoms with Crippen molar-refractivity contribution in [1.29, 1.82) is 0 Å². The number of aryl methyl sites for hydroxylation is 2. The first-order chi connectivity index (χ1) is 9.13. The van der Waals surface area contributed by atoms with Crippen LogP contribution in [0.25, 0.3) is 10.9 Å². The van der Waals surface area contributed by atoms with E-state index in [1.165, 1.54) is 23.4 Å². The summed E-state index contributed by atoms with van der Waals surface area (Å²) in [5.41, 5.74) is 3.53. The number of hydrogen-bond acceptors (Lipinski definition) is 3. The molecule has 1 N–H and O–H groups in total. The van der Waals surface area contributed by atoms with Gasteiger partial charge in [-0.15, -0.1) is 0 Å². The van der Waals surface area contributed by atoms with Crippen LogP contribution in [0.5, 0.6) is 0 Å². The zero-order chi connectivity index (χ0) is 13.4. The monoisotopic (exact) mass is 256 g/mol. The molecule has 0 atom stereocenters. The lowest BCUT2D eigenvalue weighted by atomic mass is 10.1. The number of nitrogens with zero attached hydrogens (tertiary/aromatic N) is 1. The first-order valence-corrected chi connectivity index (χ1v) is 6.50. The molecule has 0 radical (unpaired) electrons. The van der Waals surface area contributed by atoms with Crippen molar-refractivity contribution in [3.63, 3.8) is 0 Å². The molecule has 1 aromatic heterocycles. The zero-order valence-corrected chi connectivity index (χ0v) is 11.1. The van der Waals surface area contributed by atoms with Crippen molar-refractivity contribution in [3.8, 4) is 0 Å². The molecule has 0 saturated heterocycles. The molecule has 98 valence electrons. The molecule has 2 aromatic rings. The molecular formula is C15H16N2O2. The van der Waals surface area contributed by atoms with Gasteiger partial charge >= 0.3 is 5.97 Å². The van der Waals surface area contributed by atoms with Crippen molar-refractivity contribution < 1.29 is 9.53 Å². The fourth-order valence-corrected chi connectivity index (χ4v) is 2.54. The summed E-state index contributed by atoms with van der Waals surface area (Å²) in [5.74, 6) is 1.03. The van der Waals surface area contributed by atoms with Gasteiger partial charge in [0.25, 0.3) is 0 Å². The predicted octanol–water partition coefficient (Wildman–Crippen LogP) is 3.41. The molecule has 0 amide bonds. The van der Waals surface area contributed by atoms with Gasteiger partial charge in [0.1, 0.15) is 5.82 Å². The Morgan fingerprint density at radius 2 is 2.21 bits per heavy atom. The second-order valence-electron chi connectivity index (χ2n) is 4.95. The van der Waals surface area contributed by atoms with Crippen molar-refractivity contribution in [3.05, 3.63) is 29.3 Å². The summed E-state index contributed by atoms with van der Waals surface area (Å²) in [6.07, 6.45) is 2.60. The minimum Gasteiger partial charge on any atom is -0.412 e. The van der Waals surface area contributed by atoms with Crippen molar-refractivity contribution in [2.45, 2.75) is 33.1 Å². The highest BCUT2D eigenvalue weighted by atomic mass is 16.5. The lowest BCUT2D eigenvalue weighted by molar-refractivity contribution is -0.133. The summed E-state index contributed by atoms with van der Waals surface area (Å²) in [7, 11) is 0. The Bertz CT molecular complexity index is 683. The topological polar surface area (TPSA) is 54.4 Å². The lowest BCUT2D eigenvalue weighted by Crippen LogP contribution is -2.08. The maximum absolute atomic E-state index is 11.0. The average molecular weight is 256 g/mol. The smallest absolute Gasteiger partial charge is 0.309 e. The van der Waals surface area contributed by atoms with E-state index in [1.807, 2.05) is 0 Å². The highest BCUT2D eigenvalue weighted by Gasteiger charge is 2.17.